The summed E-state index contributed by atoms with van der Waals surface area (Å²) in [4.78, 5) is 0. The largest absolute Gasteiger partial charge is 0.0654 e. The average molecular weight is 182 g/mol. The molecule has 0 aromatic rings. The minimum absolute atomic E-state index is 0.694. The van der Waals surface area contributed by atoms with Crippen LogP contribution in [0.25, 0.3) is 0 Å². The van der Waals surface area contributed by atoms with E-state index >= 15 is 0 Å². The van der Waals surface area contributed by atoms with Crippen molar-refractivity contribution in [3.05, 3.63) is 0 Å². The van der Waals surface area contributed by atoms with Crippen LogP contribution in [0.2, 0.25) is 0 Å². The van der Waals surface area contributed by atoms with Gasteiger partial charge in [-0.1, -0.05) is 59.8 Å². The second-order valence-electron chi connectivity index (χ2n) is 5.46. The highest BCUT2D eigenvalue weighted by Crippen LogP contribution is 2.67. The van der Waals surface area contributed by atoms with Crippen LogP contribution in [0.15, 0.2) is 0 Å². The summed E-state index contributed by atoms with van der Waals surface area (Å²) >= 11 is 0. The van der Waals surface area contributed by atoms with Gasteiger partial charge in [-0.15, -0.1) is 0 Å². The van der Waals surface area contributed by atoms with E-state index in [1.165, 1.54) is 44.9 Å². The molecule has 0 amide bonds. The van der Waals surface area contributed by atoms with Gasteiger partial charge in [-0.05, 0) is 23.7 Å². The van der Waals surface area contributed by atoms with Crippen LogP contribution in [0, 0.1) is 10.8 Å². The van der Waals surface area contributed by atoms with Gasteiger partial charge in [-0.2, -0.15) is 0 Å². The summed E-state index contributed by atoms with van der Waals surface area (Å²) in [6, 6.07) is 0. The Balaban J connectivity index is 2.16. The number of unbranched alkanes of at least 4 members (excludes halogenated alkanes) is 3. The molecule has 2 atom stereocenters. The minimum Gasteiger partial charge on any atom is -0.0654 e. The van der Waals surface area contributed by atoms with Gasteiger partial charge in [0.2, 0.25) is 0 Å². The molecule has 0 N–H and O–H groups in total. The zero-order valence-corrected chi connectivity index (χ0v) is 9.95. The number of hydrogen-bond donors (Lipinski definition) is 0. The normalized spacial score (nSPS) is 37.8. The first-order chi connectivity index (χ1) is 6.08. The maximum Gasteiger partial charge on any atom is -0.0266 e. The summed E-state index contributed by atoms with van der Waals surface area (Å²) in [7, 11) is 0. The lowest BCUT2D eigenvalue weighted by Gasteiger charge is -2.16. The predicted octanol–water partition coefficient (Wildman–Crippen LogP) is 4.78. The Hall–Kier alpha value is 0. The molecule has 13 heavy (non-hydrogen) atoms. The molecule has 1 rings (SSSR count). The van der Waals surface area contributed by atoms with Crippen LogP contribution >= 0.6 is 0 Å². The minimum atomic E-state index is 0.694. The van der Waals surface area contributed by atoms with Gasteiger partial charge in [-0.25, -0.2) is 0 Å². The molecule has 0 spiro atoms. The molecule has 1 fully saturated rings. The first-order valence-corrected chi connectivity index (χ1v) is 6.08. The first-order valence-electron chi connectivity index (χ1n) is 6.08. The van der Waals surface area contributed by atoms with Gasteiger partial charge >= 0.3 is 0 Å². The van der Waals surface area contributed by atoms with Crippen LogP contribution < -0.4 is 0 Å². The highest BCUT2D eigenvalue weighted by atomic mass is 14.6. The van der Waals surface area contributed by atoms with Gasteiger partial charge in [0, 0.05) is 0 Å². The molecule has 2 unspecified atom stereocenters. The van der Waals surface area contributed by atoms with Crippen molar-refractivity contribution in [2.45, 2.75) is 72.6 Å². The van der Waals surface area contributed by atoms with Gasteiger partial charge in [0.25, 0.3) is 0 Å². The summed E-state index contributed by atoms with van der Waals surface area (Å²) in [5, 5.41) is 0. The molecule has 0 aliphatic heterocycles. The molecule has 0 nitrogen and oxygen atoms in total. The second-order valence-corrected chi connectivity index (χ2v) is 5.46. The van der Waals surface area contributed by atoms with Crippen molar-refractivity contribution < 1.29 is 0 Å². The Bertz CT molecular complexity index is 161. The quantitative estimate of drug-likeness (QED) is 0.518. The molecule has 0 aromatic carbocycles. The smallest absolute Gasteiger partial charge is 0.0266 e. The Morgan fingerprint density at radius 1 is 0.923 bits per heavy atom. The van der Waals surface area contributed by atoms with Crippen molar-refractivity contribution >= 4 is 0 Å². The maximum atomic E-state index is 2.49. The van der Waals surface area contributed by atoms with Crippen LogP contribution in [-0.2, 0) is 0 Å². The fourth-order valence-corrected chi connectivity index (χ4v) is 2.70. The fourth-order valence-electron chi connectivity index (χ4n) is 2.70. The van der Waals surface area contributed by atoms with E-state index in [1.54, 1.807) is 0 Å². The molecule has 0 heteroatoms. The summed E-state index contributed by atoms with van der Waals surface area (Å²) in [5.41, 5.74) is 1.40. The van der Waals surface area contributed by atoms with Crippen molar-refractivity contribution in [2.75, 3.05) is 0 Å². The molecule has 0 saturated heterocycles. The van der Waals surface area contributed by atoms with Gasteiger partial charge in [0.15, 0.2) is 0 Å². The number of hydrogen-bond acceptors (Lipinski definition) is 0. The lowest BCUT2D eigenvalue weighted by Crippen LogP contribution is -2.06. The van der Waals surface area contributed by atoms with Crippen molar-refractivity contribution in [3.63, 3.8) is 0 Å². The van der Waals surface area contributed by atoms with E-state index in [-0.39, 0.29) is 0 Å². The fraction of sp³-hybridized carbons (Fsp3) is 1.00. The second kappa shape index (κ2) is 4.02. The van der Waals surface area contributed by atoms with E-state index in [1.807, 2.05) is 0 Å². The third-order valence-corrected chi connectivity index (χ3v) is 4.47. The van der Waals surface area contributed by atoms with E-state index < -0.39 is 0 Å². The van der Waals surface area contributed by atoms with E-state index in [2.05, 4.69) is 27.7 Å². The Morgan fingerprint density at radius 3 is 2.08 bits per heavy atom. The lowest BCUT2D eigenvalue weighted by atomic mass is 9.89. The van der Waals surface area contributed by atoms with Crippen LogP contribution in [-0.4, -0.2) is 0 Å². The third-order valence-electron chi connectivity index (χ3n) is 4.47. The molecular weight excluding hydrogens is 156 g/mol. The predicted molar refractivity (Wildman–Crippen MR) is 59.9 cm³/mol. The van der Waals surface area contributed by atoms with Gasteiger partial charge < -0.3 is 0 Å². The van der Waals surface area contributed by atoms with E-state index in [0.29, 0.717) is 10.8 Å². The van der Waals surface area contributed by atoms with E-state index in [9.17, 15) is 0 Å². The zero-order chi connectivity index (χ0) is 9.95. The van der Waals surface area contributed by atoms with Crippen molar-refractivity contribution in [1.82, 2.24) is 0 Å². The van der Waals surface area contributed by atoms with Gasteiger partial charge in [0.1, 0.15) is 0 Å². The Morgan fingerprint density at radius 2 is 1.62 bits per heavy atom. The summed E-state index contributed by atoms with van der Waals surface area (Å²) in [6.07, 6.45) is 10.0. The van der Waals surface area contributed by atoms with Crippen LogP contribution in [0.5, 0.6) is 0 Å². The standard InChI is InChI=1S/C13H26/c1-5-7-8-9-10-13(4)11-12(13,3)6-2/h5-11H2,1-4H3. The summed E-state index contributed by atoms with van der Waals surface area (Å²) in [6.45, 7) is 9.58. The first kappa shape index (κ1) is 11.1. The van der Waals surface area contributed by atoms with Crippen LogP contribution in [0.3, 0.4) is 0 Å². The van der Waals surface area contributed by atoms with Crippen molar-refractivity contribution in [1.29, 1.82) is 0 Å². The molecule has 1 saturated carbocycles. The zero-order valence-electron chi connectivity index (χ0n) is 9.95. The topological polar surface area (TPSA) is 0 Å². The lowest BCUT2D eigenvalue weighted by molar-refractivity contribution is 0.342. The molecule has 0 bridgehead atoms. The molecule has 78 valence electrons. The number of rotatable bonds is 6. The maximum absolute atomic E-state index is 2.49. The van der Waals surface area contributed by atoms with Crippen LogP contribution in [0.4, 0.5) is 0 Å². The van der Waals surface area contributed by atoms with Crippen molar-refractivity contribution in [3.8, 4) is 0 Å². The van der Waals surface area contributed by atoms with Crippen LogP contribution in [0.1, 0.15) is 72.6 Å². The highest BCUT2D eigenvalue weighted by Gasteiger charge is 2.58. The summed E-state index contributed by atoms with van der Waals surface area (Å²) < 4.78 is 0. The third kappa shape index (κ3) is 2.27. The van der Waals surface area contributed by atoms with E-state index in [0.717, 1.165) is 0 Å². The SMILES string of the molecule is CCCCCCC1(C)CC1(C)CC. The molecule has 1 aliphatic carbocycles. The molecule has 0 radical (unpaired) electrons. The van der Waals surface area contributed by atoms with Gasteiger partial charge in [-0.3, -0.25) is 0 Å². The molecular formula is C13H26. The molecule has 0 aromatic heterocycles. The highest BCUT2D eigenvalue weighted by molar-refractivity contribution is 5.07. The summed E-state index contributed by atoms with van der Waals surface area (Å²) in [5.74, 6) is 0. The van der Waals surface area contributed by atoms with Gasteiger partial charge in [0.05, 0.1) is 0 Å². The monoisotopic (exact) mass is 182 g/mol. The molecule has 0 heterocycles. The Labute approximate surface area is 84.1 Å². The average Bonchev–Trinajstić information content (AvgIpc) is 2.65. The molecule has 1 aliphatic rings. The van der Waals surface area contributed by atoms with E-state index in [4.69, 9.17) is 0 Å². The van der Waals surface area contributed by atoms with Crippen molar-refractivity contribution in [2.24, 2.45) is 10.8 Å². The Kier molecular flexibility index (Phi) is 3.43.